The van der Waals surface area contributed by atoms with E-state index in [1.54, 1.807) is 0 Å². The van der Waals surface area contributed by atoms with E-state index in [0.29, 0.717) is 0 Å². The van der Waals surface area contributed by atoms with Crippen molar-refractivity contribution in [1.82, 2.24) is 9.13 Å². The summed E-state index contributed by atoms with van der Waals surface area (Å²) in [6.45, 7) is 26.2. The summed E-state index contributed by atoms with van der Waals surface area (Å²) in [6, 6.07) is 117. The summed E-state index contributed by atoms with van der Waals surface area (Å²) in [5.74, 6) is 0. The van der Waals surface area contributed by atoms with Gasteiger partial charge in [0.25, 0.3) is 6.71 Å². The zero-order valence-electron chi connectivity index (χ0n) is 64.6. The van der Waals surface area contributed by atoms with Crippen molar-refractivity contribution in [2.45, 2.75) is 129 Å². The fourth-order valence-corrected chi connectivity index (χ4v) is 19.4. The number of fused-ring (bicyclic) bond motifs is 12. The Morgan fingerprint density at radius 2 is 0.587 bits per heavy atom. The number of anilines is 6. The molecule has 0 unspecified atom stereocenters. The molecule has 2 aliphatic heterocycles. The largest absolute Gasteiger partial charge is 0.311 e. The van der Waals surface area contributed by atoms with Crippen molar-refractivity contribution in [2.24, 2.45) is 0 Å². The standard InChI is InChI=1S/C104H91BN4/c1-100(2,3)76-40-30-70(31-41-76)75-62-97-99-98(63-75)107(78-44-34-69(35-45-78)74-37-49-86-88(61-74)104(10,11)57-55-102(86,6)7)96-65-80(109-92-29-21-19-27-82(92)84-59-72(39-53-94(84)109)67-24-16-13-17-25-67)47-51-90(96)105(99)89-50-46-79(108-91-28-20-18-26-81(91)83-58-71(38-52-93(83)108)66-22-14-12-15-23-66)64-95(89)106(97)77-42-32-68(33-43-77)73-36-48-85-87(60-73)103(8,9)56-54-101(85,4)5/h12-53,58-65H,54-57H2,1-11H3. The molecule has 4 aliphatic rings. The first-order valence-corrected chi connectivity index (χ1v) is 39.5. The van der Waals surface area contributed by atoms with Gasteiger partial charge >= 0.3 is 0 Å². The van der Waals surface area contributed by atoms with Gasteiger partial charge in [-0.2, -0.15) is 0 Å². The van der Waals surface area contributed by atoms with Gasteiger partial charge in [0.1, 0.15) is 0 Å². The Morgan fingerprint density at radius 3 is 1.01 bits per heavy atom. The first kappa shape index (κ1) is 66.8. The fourth-order valence-electron chi connectivity index (χ4n) is 19.4. The predicted molar refractivity (Wildman–Crippen MR) is 466 cm³/mol. The van der Waals surface area contributed by atoms with E-state index in [9.17, 15) is 0 Å². The molecule has 0 bridgehead atoms. The van der Waals surface area contributed by atoms with Crippen molar-refractivity contribution >= 4 is 101 Å². The molecule has 0 amide bonds. The second-order valence-electron chi connectivity index (χ2n) is 35.4. The van der Waals surface area contributed by atoms with Gasteiger partial charge in [0.15, 0.2) is 0 Å². The van der Waals surface area contributed by atoms with Crippen LogP contribution in [-0.4, -0.2) is 15.8 Å². The first-order valence-electron chi connectivity index (χ1n) is 39.5. The SMILES string of the molecule is CC(C)(C)c1ccc(-c2cc3c4c(c2)N(c2ccc(-c5ccc6c(c5)C(C)(C)CCC6(C)C)cc2)c2cc(-n5c6ccccc6c6cc(-c7ccccc7)ccc65)ccc2B4c2ccc(-n4c5ccccc5c5cc(-c6ccccc6)ccc54)cc2N3c2ccc(-c3ccc4c(c3)C(C)(C)CCC4(C)C)cc2)cc1. The molecular weight excluding hydrogens is 1320 g/mol. The van der Waals surface area contributed by atoms with Gasteiger partial charge in [0, 0.05) is 67.0 Å². The number of rotatable bonds is 9. The molecule has 2 aromatic heterocycles. The minimum Gasteiger partial charge on any atom is -0.311 e. The molecule has 5 heteroatoms. The smallest absolute Gasteiger partial charge is 0.252 e. The van der Waals surface area contributed by atoms with Crippen LogP contribution in [0.1, 0.15) is 130 Å². The minimum atomic E-state index is -0.175. The molecule has 0 fully saturated rings. The van der Waals surface area contributed by atoms with Crippen LogP contribution in [0.3, 0.4) is 0 Å². The second kappa shape index (κ2) is 24.4. The third-order valence-corrected chi connectivity index (χ3v) is 25.8. The van der Waals surface area contributed by atoms with Crippen LogP contribution in [0.4, 0.5) is 34.1 Å². The van der Waals surface area contributed by atoms with Gasteiger partial charge in [-0.05, 0) is 250 Å². The lowest BCUT2D eigenvalue weighted by molar-refractivity contribution is 0.332. The Balaban J connectivity index is 0.845. The summed E-state index contributed by atoms with van der Waals surface area (Å²) in [5, 5.41) is 4.92. The van der Waals surface area contributed by atoms with Crippen LogP contribution < -0.4 is 26.2 Å². The van der Waals surface area contributed by atoms with Crippen molar-refractivity contribution in [3.8, 4) is 67.0 Å². The summed E-state index contributed by atoms with van der Waals surface area (Å²) in [7, 11) is 0. The molecule has 0 radical (unpaired) electrons. The molecule has 109 heavy (non-hydrogen) atoms. The normalized spacial score (nSPS) is 15.8. The monoisotopic (exact) mass is 1410 g/mol. The summed E-state index contributed by atoms with van der Waals surface area (Å²) < 4.78 is 5.03. The molecule has 4 nitrogen and oxygen atoms in total. The van der Waals surface area contributed by atoms with E-state index in [-0.39, 0.29) is 33.8 Å². The fraction of sp³-hybridized carbons (Fsp3) is 0.192. The van der Waals surface area contributed by atoms with Crippen LogP contribution in [0, 0.1) is 0 Å². The van der Waals surface area contributed by atoms with E-state index in [2.05, 4.69) is 398 Å². The van der Waals surface area contributed by atoms with Gasteiger partial charge < -0.3 is 18.9 Å². The Morgan fingerprint density at radius 1 is 0.257 bits per heavy atom. The van der Waals surface area contributed by atoms with Crippen molar-refractivity contribution in [2.75, 3.05) is 9.80 Å². The van der Waals surface area contributed by atoms with Crippen molar-refractivity contribution < 1.29 is 0 Å². The molecule has 20 rings (SSSR count). The molecule has 0 N–H and O–H groups in total. The van der Waals surface area contributed by atoms with Gasteiger partial charge in [-0.3, -0.25) is 0 Å². The molecule has 0 atom stereocenters. The van der Waals surface area contributed by atoms with Gasteiger partial charge in [0.05, 0.1) is 22.1 Å². The van der Waals surface area contributed by atoms with E-state index < -0.39 is 0 Å². The molecule has 0 saturated carbocycles. The highest BCUT2D eigenvalue weighted by Crippen LogP contribution is 2.52. The third-order valence-electron chi connectivity index (χ3n) is 25.8. The number of benzene rings is 14. The minimum absolute atomic E-state index is 0.0265. The summed E-state index contributed by atoms with van der Waals surface area (Å²) in [4.78, 5) is 5.26. The van der Waals surface area contributed by atoms with Crippen LogP contribution in [0.15, 0.2) is 303 Å². The molecule has 4 heterocycles. The lowest BCUT2D eigenvalue weighted by Crippen LogP contribution is -2.61. The maximum atomic E-state index is 2.63. The van der Waals surface area contributed by atoms with E-state index in [0.717, 1.165) is 51.1 Å². The van der Waals surface area contributed by atoms with Gasteiger partial charge in [-0.25, -0.2) is 0 Å². The van der Waals surface area contributed by atoms with Gasteiger partial charge in [-0.15, -0.1) is 0 Å². The summed E-state index contributed by atoms with van der Waals surface area (Å²) in [5.41, 5.74) is 37.2. The molecule has 0 saturated heterocycles. The lowest BCUT2D eigenvalue weighted by Gasteiger charge is -2.44. The second-order valence-corrected chi connectivity index (χ2v) is 35.4. The zero-order chi connectivity index (χ0) is 74.2. The number of para-hydroxylation sites is 2. The van der Waals surface area contributed by atoms with Crippen molar-refractivity contribution in [1.29, 1.82) is 0 Å². The van der Waals surface area contributed by atoms with E-state index in [4.69, 9.17) is 0 Å². The Labute approximate surface area is 642 Å². The average Bonchev–Trinajstić information content (AvgIpc) is 1.02. The maximum Gasteiger partial charge on any atom is 0.252 e. The Bertz CT molecular complexity index is 6020. The quantitative estimate of drug-likeness (QED) is 0.134. The van der Waals surface area contributed by atoms with Gasteiger partial charge in [0.2, 0.25) is 0 Å². The topological polar surface area (TPSA) is 16.3 Å². The number of hydrogen-bond acceptors (Lipinski definition) is 2. The summed E-state index contributed by atoms with van der Waals surface area (Å²) >= 11 is 0. The summed E-state index contributed by atoms with van der Waals surface area (Å²) in [6.07, 6.45) is 4.70. The van der Waals surface area contributed by atoms with Crippen molar-refractivity contribution in [3.05, 3.63) is 331 Å². The molecule has 530 valence electrons. The van der Waals surface area contributed by atoms with Crippen LogP contribution in [-0.2, 0) is 27.1 Å². The number of aromatic nitrogens is 2. The van der Waals surface area contributed by atoms with E-state index >= 15 is 0 Å². The highest BCUT2D eigenvalue weighted by atomic mass is 15.2. The van der Waals surface area contributed by atoms with Crippen LogP contribution in [0.25, 0.3) is 111 Å². The molecule has 0 spiro atoms. The lowest BCUT2D eigenvalue weighted by atomic mass is 9.33. The highest BCUT2D eigenvalue weighted by molar-refractivity contribution is 7.00. The number of nitrogens with zero attached hydrogens (tertiary/aromatic N) is 4. The van der Waals surface area contributed by atoms with Crippen LogP contribution >= 0.6 is 0 Å². The maximum absolute atomic E-state index is 2.63. The highest BCUT2D eigenvalue weighted by Gasteiger charge is 2.45. The molecule has 16 aromatic rings. The van der Waals surface area contributed by atoms with Gasteiger partial charge in [-0.1, -0.05) is 282 Å². The molecule has 2 aliphatic carbocycles. The van der Waals surface area contributed by atoms with Crippen LogP contribution in [0.2, 0.25) is 0 Å². The predicted octanol–water partition coefficient (Wildman–Crippen LogP) is 26.3. The Hall–Kier alpha value is -11.7. The molecular formula is C104H91BN4. The van der Waals surface area contributed by atoms with Crippen molar-refractivity contribution in [3.63, 3.8) is 0 Å². The first-order chi connectivity index (χ1) is 52.6. The Kier molecular flexibility index (Phi) is 15.0. The molecule has 14 aromatic carbocycles. The van der Waals surface area contributed by atoms with Crippen LogP contribution in [0.5, 0.6) is 0 Å². The average molecular weight is 1410 g/mol. The van der Waals surface area contributed by atoms with E-state index in [1.165, 1.54) is 164 Å². The third kappa shape index (κ3) is 10.8. The number of hydrogen-bond donors (Lipinski definition) is 0. The van der Waals surface area contributed by atoms with E-state index in [1.807, 2.05) is 0 Å². The zero-order valence-corrected chi connectivity index (χ0v) is 64.6.